The molecule has 7 heteroatoms. The number of ether oxygens (including phenoxy) is 1. The van der Waals surface area contributed by atoms with Gasteiger partial charge in [-0.2, -0.15) is 0 Å². The molecule has 0 saturated heterocycles. The first-order valence-electron chi connectivity index (χ1n) is 5.18. The molecule has 0 N–H and O–H groups in total. The van der Waals surface area contributed by atoms with Gasteiger partial charge in [-0.3, -0.25) is 4.79 Å². The Balaban J connectivity index is 2.33. The van der Waals surface area contributed by atoms with Crippen LogP contribution in [0, 0.1) is 17.5 Å². The lowest BCUT2D eigenvalue weighted by Crippen LogP contribution is -2.04. The number of thiazole rings is 1. The van der Waals surface area contributed by atoms with Crippen molar-refractivity contribution in [3.8, 4) is 10.6 Å². The molecule has 0 amide bonds. The predicted molar refractivity (Wildman–Crippen MR) is 63.1 cm³/mol. The number of carbonyl (C=O) groups is 1. The van der Waals surface area contributed by atoms with E-state index in [0.717, 1.165) is 23.5 Å². The molecule has 0 aliphatic carbocycles. The van der Waals surface area contributed by atoms with Gasteiger partial charge < -0.3 is 4.74 Å². The third kappa shape index (κ3) is 2.76. The van der Waals surface area contributed by atoms with Crippen LogP contribution < -0.4 is 0 Å². The minimum absolute atomic E-state index is 0.0572. The predicted octanol–water partition coefficient (Wildman–Crippen LogP) is 2.94. The SMILES string of the molecule is COC(=O)Cc1csc(-c2ccc(F)c(F)c2F)n1. The number of aromatic nitrogens is 1. The fourth-order valence-electron chi connectivity index (χ4n) is 1.42. The van der Waals surface area contributed by atoms with Gasteiger partial charge in [0.25, 0.3) is 0 Å². The molecular weight excluding hydrogens is 279 g/mol. The second-order valence-corrected chi connectivity index (χ2v) is 4.48. The molecule has 1 heterocycles. The maximum absolute atomic E-state index is 13.5. The monoisotopic (exact) mass is 287 g/mol. The Morgan fingerprint density at radius 1 is 1.32 bits per heavy atom. The highest BCUT2D eigenvalue weighted by Crippen LogP contribution is 2.28. The van der Waals surface area contributed by atoms with Gasteiger partial charge >= 0.3 is 5.97 Å². The van der Waals surface area contributed by atoms with Gasteiger partial charge in [-0.05, 0) is 12.1 Å². The quantitative estimate of drug-likeness (QED) is 0.643. The topological polar surface area (TPSA) is 39.2 Å². The second-order valence-electron chi connectivity index (χ2n) is 3.62. The van der Waals surface area contributed by atoms with Crippen LogP contribution in [0.4, 0.5) is 13.2 Å². The minimum Gasteiger partial charge on any atom is -0.469 e. The molecule has 0 spiro atoms. The van der Waals surface area contributed by atoms with Crippen molar-refractivity contribution in [3.63, 3.8) is 0 Å². The van der Waals surface area contributed by atoms with Gasteiger partial charge in [-0.25, -0.2) is 18.2 Å². The van der Waals surface area contributed by atoms with Crippen LogP contribution >= 0.6 is 11.3 Å². The van der Waals surface area contributed by atoms with Crippen molar-refractivity contribution in [2.75, 3.05) is 7.11 Å². The Morgan fingerprint density at radius 3 is 2.74 bits per heavy atom. The van der Waals surface area contributed by atoms with Crippen LogP contribution in [-0.2, 0) is 16.0 Å². The van der Waals surface area contributed by atoms with Gasteiger partial charge in [0.2, 0.25) is 0 Å². The van der Waals surface area contributed by atoms with Crippen molar-refractivity contribution in [1.29, 1.82) is 0 Å². The van der Waals surface area contributed by atoms with E-state index in [4.69, 9.17) is 0 Å². The summed E-state index contributed by atoms with van der Waals surface area (Å²) in [6.07, 6.45) is -0.0572. The lowest BCUT2D eigenvalue weighted by molar-refractivity contribution is -0.139. The van der Waals surface area contributed by atoms with Crippen LogP contribution in [0.15, 0.2) is 17.5 Å². The largest absolute Gasteiger partial charge is 0.469 e. The maximum Gasteiger partial charge on any atom is 0.311 e. The molecule has 0 unspecified atom stereocenters. The number of rotatable bonds is 3. The molecule has 0 aliphatic rings. The Morgan fingerprint density at radius 2 is 2.05 bits per heavy atom. The van der Waals surface area contributed by atoms with E-state index in [1.54, 1.807) is 0 Å². The van der Waals surface area contributed by atoms with E-state index in [1.807, 2.05) is 0 Å². The molecule has 0 saturated carbocycles. The molecule has 3 nitrogen and oxygen atoms in total. The molecule has 0 radical (unpaired) electrons. The van der Waals surface area contributed by atoms with E-state index in [-0.39, 0.29) is 17.0 Å². The molecule has 0 aliphatic heterocycles. The summed E-state index contributed by atoms with van der Waals surface area (Å²) in [4.78, 5) is 15.0. The molecule has 2 aromatic rings. The molecule has 1 aromatic heterocycles. The summed E-state index contributed by atoms with van der Waals surface area (Å²) in [5.74, 6) is -4.57. The van der Waals surface area contributed by atoms with Gasteiger partial charge in [0, 0.05) is 10.9 Å². The van der Waals surface area contributed by atoms with Crippen molar-refractivity contribution in [2.24, 2.45) is 0 Å². The number of hydrogen-bond acceptors (Lipinski definition) is 4. The average Bonchev–Trinajstić information content (AvgIpc) is 2.84. The molecule has 1 aromatic carbocycles. The molecule has 0 atom stereocenters. The van der Waals surface area contributed by atoms with Crippen molar-refractivity contribution in [1.82, 2.24) is 4.98 Å². The normalized spacial score (nSPS) is 10.5. The summed E-state index contributed by atoms with van der Waals surface area (Å²) < 4.78 is 43.9. The molecule has 0 bridgehead atoms. The zero-order valence-electron chi connectivity index (χ0n) is 9.75. The molecule has 0 fully saturated rings. The summed E-state index contributed by atoms with van der Waals surface area (Å²) in [5.41, 5.74) is 0.246. The summed E-state index contributed by atoms with van der Waals surface area (Å²) in [6, 6.07) is 1.93. The zero-order chi connectivity index (χ0) is 14.0. The van der Waals surface area contributed by atoms with Crippen LogP contribution in [-0.4, -0.2) is 18.1 Å². The second kappa shape index (κ2) is 5.40. The van der Waals surface area contributed by atoms with Crippen LogP contribution in [0.25, 0.3) is 10.6 Å². The van der Waals surface area contributed by atoms with E-state index >= 15 is 0 Å². The Labute approximate surface area is 110 Å². The standard InChI is InChI=1S/C12H8F3NO2S/c1-18-9(17)4-6-5-19-12(16-6)7-2-3-8(13)11(15)10(7)14/h2-3,5H,4H2,1H3. The average molecular weight is 287 g/mol. The van der Waals surface area contributed by atoms with E-state index in [1.165, 1.54) is 12.5 Å². The molecule has 100 valence electrons. The van der Waals surface area contributed by atoms with Crippen molar-refractivity contribution < 1.29 is 22.7 Å². The van der Waals surface area contributed by atoms with Gasteiger partial charge in [0.05, 0.1) is 19.2 Å². The summed E-state index contributed by atoms with van der Waals surface area (Å²) in [5, 5.41) is 1.71. The highest BCUT2D eigenvalue weighted by Gasteiger charge is 2.17. The Kier molecular flexibility index (Phi) is 3.84. The van der Waals surface area contributed by atoms with Gasteiger partial charge in [0.15, 0.2) is 17.5 Å². The molecular formula is C12H8F3NO2S. The molecule has 2 rings (SSSR count). The first-order valence-corrected chi connectivity index (χ1v) is 6.06. The van der Waals surface area contributed by atoms with E-state index in [2.05, 4.69) is 9.72 Å². The van der Waals surface area contributed by atoms with Crippen molar-refractivity contribution >= 4 is 17.3 Å². The third-order valence-electron chi connectivity index (χ3n) is 2.37. The number of nitrogens with zero attached hydrogens (tertiary/aromatic N) is 1. The zero-order valence-corrected chi connectivity index (χ0v) is 10.6. The number of hydrogen-bond donors (Lipinski definition) is 0. The first-order chi connectivity index (χ1) is 9.02. The lowest BCUT2D eigenvalue weighted by Gasteiger charge is -2.01. The maximum atomic E-state index is 13.5. The Bertz CT molecular complexity index is 627. The summed E-state index contributed by atoms with van der Waals surface area (Å²) in [6.45, 7) is 0. The van der Waals surface area contributed by atoms with E-state index in [0.29, 0.717) is 5.69 Å². The smallest absolute Gasteiger partial charge is 0.311 e. The highest BCUT2D eigenvalue weighted by molar-refractivity contribution is 7.13. The van der Waals surface area contributed by atoms with Crippen molar-refractivity contribution in [3.05, 3.63) is 40.7 Å². The summed E-state index contributed by atoms with van der Waals surface area (Å²) in [7, 11) is 1.24. The van der Waals surface area contributed by atoms with Crippen LogP contribution in [0.5, 0.6) is 0 Å². The minimum atomic E-state index is -1.54. The van der Waals surface area contributed by atoms with Gasteiger partial charge in [-0.15, -0.1) is 11.3 Å². The fraction of sp³-hybridized carbons (Fsp3) is 0.167. The lowest BCUT2D eigenvalue weighted by atomic mass is 10.2. The number of halogens is 3. The van der Waals surface area contributed by atoms with E-state index in [9.17, 15) is 18.0 Å². The van der Waals surface area contributed by atoms with Crippen LogP contribution in [0.1, 0.15) is 5.69 Å². The highest BCUT2D eigenvalue weighted by atomic mass is 32.1. The van der Waals surface area contributed by atoms with E-state index < -0.39 is 23.4 Å². The third-order valence-corrected chi connectivity index (χ3v) is 3.29. The fourth-order valence-corrected chi connectivity index (χ4v) is 2.26. The number of methoxy groups -OCH3 is 1. The Hall–Kier alpha value is -1.89. The van der Waals surface area contributed by atoms with Gasteiger partial charge in [0.1, 0.15) is 5.01 Å². The first kappa shape index (κ1) is 13.5. The number of esters is 1. The van der Waals surface area contributed by atoms with Gasteiger partial charge in [-0.1, -0.05) is 0 Å². The summed E-state index contributed by atoms with van der Waals surface area (Å²) >= 11 is 1.04. The number of benzene rings is 1. The van der Waals surface area contributed by atoms with Crippen LogP contribution in [0.3, 0.4) is 0 Å². The number of carbonyl (C=O) groups excluding carboxylic acids is 1. The van der Waals surface area contributed by atoms with Crippen molar-refractivity contribution in [2.45, 2.75) is 6.42 Å². The van der Waals surface area contributed by atoms with Crippen LogP contribution in [0.2, 0.25) is 0 Å². The molecule has 19 heavy (non-hydrogen) atoms.